The van der Waals surface area contributed by atoms with E-state index < -0.39 is 6.10 Å². The lowest BCUT2D eigenvalue weighted by Crippen LogP contribution is -2.01. The van der Waals surface area contributed by atoms with Gasteiger partial charge >= 0.3 is 0 Å². The van der Waals surface area contributed by atoms with Crippen molar-refractivity contribution in [2.24, 2.45) is 0 Å². The highest BCUT2D eigenvalue weighted by Crippen LogP contribution is 2.27. The molecule has 0 spiro atoms. The Morgan fingerprint density at radius 3 is 1.18 bits per heavy atom. The van der Waals surface area contributed by atoms with Gasteiger partial charge in [0.05, 0.1) is 0 Å². The maximum absolute atomic E-state index is 10.6. The summed E-state index contributed by atoms with van der Waals surface area (Å²) in [7, 11) is 0. The summed E-state index contributed by atoms with van der Waals surface area (Å²) in [5, 5.41) is 10.6. The van der Waals surface area contributed by atoms with Crippen LogP contribution in [0.5, 0.6) is 0 Å². The van der Waals surface area contributed by atoms with E-state index in [1.54, 1.807) is 0 Å². The monoisotopic (exact) mass is 296 g/mol. The first-order valence-corrected chi connectivity index (χ1v) is 8.44. The number of aliphatic hydroxyl groups is 1. The van der Waals surface area contributed by atoms with E-state index in [1.807, 2.05) is 0 Å². The first kappa shape index (κ1) is 16.8. The second kappa shape index (κ2) is 7.60. The molecule has 0 aliphatic carbocycles. The molecule has 1 heteroatoms. The quantitative estimate of drug-likeness (QED) is 0.714. The Labute approximate surface area is 135 Å². The van der Waals surface area contributed by atoms with Gasteiger partial charge in [0.15, 0.2) is 0 Å². The molecule has 2 aromatic carbocycles. The van der Waals surface area contributed by atoms with Crippen LogP contribution < -0.4 is 0 Å². The zero-order chi connectivity index (χ0) is 16.1. The van der Waals surface area contributed by atoms with Crippen LogP contribution in [0.1, 0.15) is 80.7 Å². The van der Waals surface area contributed by atoms with Gasteiger partial charge in [0.2, 0.25) is 0 Å². The molecular formula is C21H28O. The number of rotatable bonds is 6. The topological polar surface area (TPSA) is 20.2 Å². The van der Waals surface area contributed by atoms with E-state index in [9.17, 15) is 5.11 Å². The molecule has 2 aromatic rings. The SMILES string of the molecule is CCC(C)c1ccc(C(O)c2ccc(C(C)CC)cc2)cc1. The maximum Gasteiger partial charge on any atom is 0.104 e. The summed E-state index contributed by atoms with van der Waals surface area (Å²) in [6.07, 6.45) is 1.73. The molecular weight excluding hydrogens is 268 g/mol. The predicted molar refractivity (Wildman–Crippen MR) is 94.4 cm³/mol. The van der Waals surface area contributed by atoms with Gasteiger partial charge in [0.1, 0.15) is 6.10 Å². The van der Waals surface area contributed by atoms with E-state index in [0.29, 0.717) is 11.8 Å². The number of hydrogen-bond acceptors (Lipinski definition) is 1. The molecule has 22 heavy (non-hydrogen) atoms. The van der Waals surface area contributed by atoms with E-state index >= 15 is 0 Å². The van der Waals surface area contributed by atoms with Crippen molar-refractivity contribution in [1.82, 2.24) is 0 Å². The van der Waals surface area contributed by atoms with Gasteiger partial charge in [-0.25, -0.2) is 0 Å². The molecule has 0 radical (unpaired) electrons. The molecule has 0 aromatic heterocycles. The van der Waals surface area contributed by atoms with Crippen molar-refractivity contribution in [2.75, 3.05) is 0 Å². The van der Waals surface area contributed by atoms with Crippen molar-refractivity contribution in [3.8, 4) is 0 Å². The minimum Gasteiger partial charge on any atom is -0.384 e. The largest absolute Gasteiger partial charge is 0.384 e. The number of aliphatic hydroxyl groups excluding tert-OH is 1. The van der Waals surface area contributed by atoms with Crippen molar-refractivity contribution in [1.29, 1.82) is 0 Å². The van der Waals surface area contributed by atoms with Gasteiger partial charge in [0.25, 0.3) is 0 Å². The normalized spacial score (nSPS) is 15.3. The summed E-state index contributed by atoms with van der Waals surface area (Å²) in [5.74, 6) is 1.14. The fraction of sp³-hybridized carbons (Fsp3) is 0.429. The van der Waals surface area contributed by atoms with E-state index in [1.165, 1.54) is 11.1 Å². The molecule has 2 rings (SSSR count). The van der Waals surface area contributed by atoms with E-state index in [0.717, 1.165) is 24.0 Å². The van der Waals surface area contributed by atoms with Crippen LogP contribution in [0.3, 0.4) is 0 Å². The average molecular weight is 296 g/mol. The Bertz CT molecular complexity index is 514. The minimum absolute atomic E-state index is 0.544. The summed E-state index contributed by atoms with van der Waals surface area (Å²) < 4.78 is 0. The third kappa shape index (κ3) is 3.78. The van der Waals surface area contributed by atoms with Crippen molar-refractivity contribution in [3.63, 3.8) is 0 Å². The third-order valence-corrected chi connectivity index (χ3v) is 4.87. The highest BCUT2D eigenvalue weighted by Gasteiger charge is 2.12. The Morgan fingerprint density at radius 2 is 0.909 bits per heavy atom. The fourth-order valence-electron chi connectivity index (χ4n) is 2.68. The standard InChI is InChI=1S/C21H28O/c1-5-15(3)17-7-11-19(12-8-17)21(22)20-13-9-18(10-14-20)16(4)6-2/h7-16,21-22H,5-6H2,1-4H3. The lowest BCUT2D eigenvalue weighted by Gasteiger charge is -2.15. The molecule has 0 fully saturated rings. The molecule has 0 bridgehead atoms. The van der Waals surface area contributed by atoms with Crippen LogP contribution in [0, 0.1) is 0 Å². The van der Waals surface area contributed by atoms with Gasteiger partial charge in [-0.05, 0) is 46.9 Å². The number of hydrogen-bond donors (Lipinski definition) is 1. The summed E-state index contributed by atoms with van der Waals surface area (Å²) in [4.78, 5) is 0. The molecule has 0 saturated heterocycles. The third-order valence-electron chi connectivity index (χ3n) is 4.87. The van der Waals surface area contributed by atoms with Crippen LogP contribution in [0.2, 0.25) is 0 Å². The number of benzene rings is 2. The van der Waals surface area contributed by atoms with Crippen LogP contribution in [-0.4, -0.2) is 5.11 Å². The zero-order valence-electron chi connectivity index (χ0n) is 14.2. The molecule has 118 valence electrons. The fourth-order valence-corrected chi connectivity index (χ4v) is 2.68. The summed E-state index contributed by atoms with van der Waals surface area (Å²) >= 11 is 0. The second-order valence-electron chi connectivity index (χ2n) is 6.35. The molecule has 0 amide bonds. The highest BCUT2D eigenvalue weighted by molar-refractivity contribution is 5.34. The summed E-state index contributed by atoms with van der Waals surface area (Å²) in [6.45, 7) is 8.87. The van der Waals surface area contributed by atoms with Gasteiger partial charge in [0, 0.05) is 0 Å². The Balaban J connectivity index is 2.15. The van der Waals surface area contributed by atoms with Crippen LogP contribution in [0.4, 0.5) is 0 Å². The van der Waals surface area contributed by atoms with E-state index in [4.69, 9.17) is 0 Å². The van der Waals surface area contributed by atoms with E-state index in [-0.39, 0.29) is 0 Å². The Kier molecular flexibility index (Phi) is 5.79. The van der Waals surface area contributed by atoms with Crippen molar-refractivity contribution in [3.05, 3.63) is 70.8 Å². The van der Waals surface area contributed by atoms with Gasteiger partial charge in [-0.2, -0.15) is 0 Å². The minimum atomic E-state index is -0.544. The molecule has 2 atom stereocenters. The Morgan fingerprint density at radius 1 is 0.636 bits per heavy atom. The lowest BCUT2D eigenvalue weighted by molar-refractivity contribution is 0.220. The smallest absolute Gasteiger partial charge is 0.104 e. The molecule has 1 N–H and O–H groups in total. The maximum atomic E-state index is 10.6. The van der Waals surface area contributed by atoms with Crippen molar-refractivity contribution < 1.29 is 5.11 Å². The summed E-state index contributed by atoms with van der Waals surface area (Å²) in [6, 6.07) is 16.8. The predicted octanol–water partition coefficient (Wildman–Crippen LogP) is 5.80. The first-order chi connectivity index (χ1) is 10.6. The lowest BCUT2D eigenvalue weighted by atomic mass is 9.93. The molecule has 2 unspecified atom stereocenters. The Hall–Kier alpha value is -1.60. The van der Waals surface area contributed by atoms with Gasteiger partial charge < -0.3 is 5.11 Å². The van der Waals surface area contributed by atoms with Crippen LogP contribution in [-0.2, 0) is 0 Å². The van der Waals surface area contributed by atoms with E-state index in [2.05, 4.69) is 76.2 Å². The second-order valence-corrected chi connectivity index (χ2v) is 6.35. The van der Waals surface area contributed by atoms with Crippen LogP contribution >= 0.6 is 0 Å². The first-order valence-electron chi connectivity index (χ1n) is 8.44. The van der Waals surface area contributed by atoms with Gasteiger partial charge in [-0.3, -0.25) is 0 Å². The average Bonchev–Trinajstić information content (AvgIpc) is 2.60. The molecule has 0 aliphatic heterocycles. The van der Waals surface area contributed by atoms with Gasteiger partial charge in [-0.1, -0.05) is 76.2 Å². The summed E-state index contributed by atoms with van der Waals surface area (Å²) in [5.41, 5.74) is 4.60. The molecule has 1 nitrogen and oxygen atoms in total. The molecule has 0 saturated carbocycles. The highest BCUT2D eigenvalue weighted by atomic mass is 16.3. The van der Waals surface area contributed by atoms with Crippen LogP contribution in [0.25, 0.3) is 0 Å². The molecule has 0 heterocycles. The van der Waals surface area contributed by atoms with Crippen molar-refractivity contribution >= 4 is 0 Å². The molecule has 0 aliphatic rings. The van der Waals surface area contributed by atoms with Gasteiger partial charge in [-0.15, -0.1) is 0 Å². The zero-order valence-corrected chi connectivity index (χ0v) is 14.2. The van der Waals surface area contributed by atoms with Crippen molar-refractivity contribution in [2.45, 2.75) is 58.5 Å². The van der Waals surface area contributed by atoms with Crippen LogP contribution in [0.15, 0.2) is 48.5 Å².